The lowest BCUT2D eigenvalue weighted by atomic mass is 9.94. The molecule has 0 bridgehead atoms. The number of carbonyl (C=O) groups is 2. The quantitative estimate of drug-likeness (QED) is 0.646. The van der Waals surface area contributed by atoms with Crippen LogP contribution in [0, 0.1) is 0 Å². The van der Waals surface area contributed by atoms with E-state index in [1.54, 1.807) is 24.3 Å². The molecular formula is C23H23ClN2O3. The number of para-hydroxylation sites is 1. The maximum absolute atomic E-state index is 13.1. The molecule has 0 spiro atoms. The summed E-state index contributed by atoms with van der Waals surface area (Å²) in [6, 6.07) is 16.5. The van der Waals surface area contributed by atoms with Gasteiger partial charge in [0, 0.05) is 13.1 Å². The van der Waals surface area contributed by atoms with Crippen LogP contribution >= 0.6 is 11.6 Å². The molecule has 2 amide bonds. The second-order valence-electron chi connectivity index (χ2n) is 7.42. The number of carbonyl (C=O) groups excluding carboxylic acids is 2. The van der Waals surface area contributed by atoms with Crippen LogP contribution in [-0.4, -0.2) is 29.8 Å². The Hall–Kier alpha value is -2.79. The van der Waals surface area contributed by atoms with Crippen LogP contribution in [0.5, 0.6) is 11.5 Å². The summed E-state index contributed by atoms with van der Waals surface area (Å²) >= 11 is 6.32. The molecule has 0 N–H and O–H groups in total. The molecule has 0 unspecified atom stereocenters. The topological polar surface area (TPSA) is 49.9 Å². The van der Waals surface area contributed by atoms with Gasteiger partial charge in [-0.2, -0.15) is 0 Å². The Morgan fingerprint density at radius 2 is 1.52 bits per heavy atom. The minimum absolute atomic E-state index is 0.00677. The average Bonchev–Trinajstić information content (AvgIpc) is 2.98. The molecule has 0 atom stereocenters. The fourth-order valence-corrected chi connectivity index (χ4v) is 4.27. The Bertz CT molecular complexity index is 934. The van der Waals surface area contributed by atoms with Gasteiger partial charge in [0.25, 0.3) is 11.8 Å². The van der Waals surface area contributed by atoms with Gasteiger partial charge in [-0.1, -0.05) is 49.1 Å². The molecule has 1 fully saturated rings. The molecule has 0 aromatic heterocycles. The van der Waals surface area contributed by atoms with E-state index < -0.39 is 5.91 Å². The van der Waals surface area contributed by atoms with Gasteiger partial charge in [0.15, 0.2) is 0 Å². The highest BCUT2D eigenvalue weighted by Gasteiger charge is 2.42. The maximum atomic E-state index is 13.1. The van der Waals surface area contributed by atoms with Crippen molar-refractivity contribution < 1.29 is 14.3 Å². The number of ether oxygens (including phenoxy) is 1. The van der Waals surface area contributed by atoms with E-state index in [0.717, 1.165) is 36.3 Å². The predicted octanol–water partition coefficient (Wildman–Crippen LogP) is 5.07. The lowest BCUT2D eigenvalue weighted by Gasteiger charge is -2.33. The summed E-state index contributed by atoms with van der Waals surface area (Å²) in [5.41, 5.74) is 0.777. The van der Waals surface area contributed by atoms with Crippen LogP contribution in [0.2, 0.25) is 0 Å². The Kier molecular flexibility index (Phi) is 5.58. The number of imide groups is 1. The third kappa shape index (κ3) is 3.87. The molecule has 2 aromatic carbocycles. The second-order valence-corrected chi connectivity index (χ2v) is 7.80. The van der Waals surface area contributed by atoms with Crippen LogP contribution in [-0.2, 0) is 9.59 Å². The van der Waals surface area contributed by atoms with Crippen LogP contribution in [0.25, 0.3) is 0 Å². The molecule has 2 aromatic rings. The summed E-state index contributed by atoms with van der Waals surface area (Å²) in [7, 11) is 1.86. The van der Waals surface area contributed by atoms with Crippen LogP contribution in [0.4, 0.5) is 5.69 Å². The molecular weight excluding hydrogens is 388 g/mol. The third-order valence-electron chi connectivity index (χ3n) is 5.55. The van der Waals surface area contributed by atoms with Gasteiger partial charge < -0.3 is 9.64 Å². The molecule has 2 aliphatic rings. The standard InChI is InChI=1S/C23H23ClN2O3/c1-25(16-8-4-2-5-9-16)21-20(24)22(27)26(23(21)28)17-12-14-19(15-13-17)29-18-10-6-3-7-11-18/h3,6-7,10-16H,2,4-5,8-9H2,1H3. The van der Waals surface area contributed by atoms with E-state index in [0.29, 0.717) is 17.1 Å². The normalized spacial score (nSPS) is 17.8. The van der Waals surface area contributed by atoms with E-state index >= 15 is 0 Å². The summed E-state index contributed by atoms with van der Waals surface area (Å²) in [6.45, 7) is 0. The van der Waals surface area contributed by atoms with Gasteiger partial charge in [0.05, 0.1) is 5.69 Å². The van der Waals surface area contributed by atoms with Crippen LogP contribution in [0.3, 0.4) is 0 Å². The molecule has 0 radical (unpaired) electrons. The van der Waals surface area contributed by atoms with Crippen molar-refractivity contribution in [3.8, 4) is 11.5 Å². The van der Waals surface area contributed by atoms with Crippen LogP contribution < -0.4 is 9.64 Å². The zero-order valence-electron chi connectivity index (χ0n) is 16.3. The third-order valence-corrected chi connectivity index (χ3v) is 5.89. The average molecular weight is 411 g/mol. The molecule has 5 nitrogen and oxygen atoms in total. The van der Waals surface area contributed by atoms with E-state index in [2.05, 4.69) is 0 Å². The van der Waals surface area contributed by atoms with Crippen molar-refractivity contribution in [1.82, 2.24) is 4.90 Å². The molecule has 1 aliphatic carbocycles. The number of hydrogen-bond donors (Lipinski definition) is 0. The molecule has 1 saturated carbocycles. The molecule has 1 heterocycles. The Labute approximate surface area is 175 Å². The highest BCUT2D eigenvalue weighted by molar-refractivity contribution is 6.52. The van der Waals surface area contributed by atoms with Crippen molar-refractivity contribution in [2.24, 2.45) is 0 Å². The minimum atomic E-state index is -0.481. The maximum Gasteiger partial charge on any atom is 0.283 e. The number of halogens is 1. The van der Waals surface area contributed by atoms with Gasteiger partial charge in [-0.3, -0.25) is 9.59 Å². The Morgan fingerprint density at radius 3 is 2.17 bits per heavy atom. The smallest absolute Gasteiger partial charge is 0.283 e. The van der Waals surface area contributed by atoms with Crippen molar-refractivity contribution >= 4 is 29.1 Å². The summed E-state index contributed by atoms with van der Waals surface area (Å²) in [5.74, 6) is 0.489. The van der Waals surface area contributed by atoms with Gasteiger partial charge in [-0.05, 0) is 49.2 Å². The molecule has 29 heavy (non-hydrogen) atoms. The van der Waals surface area contributed by atoms with Crippen molar-refractivity contribution in [3.63, 3.8) is 0 Å². The SMILES string of the molecule is CN(C1=C(Cl)C(=O)N(c2ccc(Oc3ccccc3)cc2)C1=O)C1CCCCC1. The monoisotopic (exact) mass is 410 g/mol. The first-order valence-corrected chi connectivity index (χ1v) is 10.3. The minimum Gasteiger partial charge on any atom is -0.457 e. The highest BCUT2D eigenvalue weighted by Crippen LogP contribution is 2.35. The number of rotatable bonds is 5. The zero-order chi connectivity index (χ0) is 20.4. The first kappa shape index (κ1) is 19.5. The van der Waals surface area contributed by atoms with E-state index in [4.69, 9.17) is 16.3 Å². The molecule has 6 heteroatoms. The second kappa shape index (κ2) is 8.29. The number of likely N-dealkylation sites (N-methyl/N-ethyl adjacent to an activating group) is 1. The van der Waals surface area contributed by atoms with Crippen LogP contribution in [0.1, 0.15) is 32.1 Å². The number of benzene rings is 2. The first-order chi connectivity index (χ1) is 14.1. The van der Waals surface area contributed by atoms with E-state index in [9.17, 15) is 9.59 Å². The Morgan fingerprint density at radius 1 is 0.897 bits per heavy atom. The van der Waals surface area contributed by atoms with Gasteiger partial charge >= 0.3 is 0 Å². The van der Waals surface area contributed by atoms with Crippen molar-refractivity contribution in [1.29, 1.82) is 0 Å². The van der Waals surface area contributed by atoms with E-state index in [1.165, 1.54) is 6.42 Å². The summed E-state index contributed by atoms with van der Waals surface area (Å²) in [4.78, 5) is 28.9. The number of amides is 2. The van der Waals surface area contributed by atoms with Gasteiger partial charge in [0.2, 0.25) is 0 Å². The highest BCUT2D eigenvalue weighted by atomic mass is 35.5. The molecule has 4 rings (SSSR count). The molecule has 0 saturated heterocycles. The van der Waals surface area contributed by atoms with Gasteiger partial charge in [0.1, 0.15) is 22.2 Å². The predicted molar refractivity (Wildman–Crippen MR) is 113 cm³/mol. The lowest BCUT2D eigenvalue weighted by Crippen LogP contribution is -2.38. The van der Waals surface area contributed by atoms with E-state index in [1.807, 2.05) is 42.3 Å². The van der Waals surface area contributed by atoms with E-state index in [-0.39, 0.29) is 17.0 Å². The largest absolute Gasteiger partial charge is 0.457 e. The van der Waals surface area contributed by atoms with Crippen molar-refractivity contribution in [2.45, 2.75) is 38.1 Å². The van der Waals surface area contributed by atoms with Gasteiger partial charge in [-0.15, -0.1) is 0 Å². The van der Waals surface area contributed by atoms with Crippen molar-refractivity contribution in [2.75, 3.05) is 11.9 Å². The fraction of sp³-hybridized carbons (Fsp3) is 0.304. The summed E-state index contributed by atoms with van der Waals surface area (Å²) in [6.07, 6.45) is 5.51. The van der Waals surface area contributed by atoms with Gasteiger partial charge in [-0.25, -0.2) is 4.90 Å². The number of nitrogens with zero attached hydrogens (tertiary/aromatic N) is 2. The first-order valence-electron chi connectivity index (χ1n) is 9.90. The summed E-state index contributed by atoms with van der Waals surface area (Å²) < 4.78 is 5.78. The van der Waals surface area contributed by atoms with Crippen LogP contribution in [0.15, 0.2) is 65.3 Å². The Balaban J connectivity index is 1.52. The molecule has 1 aliphatic heterocycles. The summed E-state index contributed by atoms with van der Waals surface area (Å²) in [5, 5.41) is -0.00677. The lowest BCUT2D eigenvalue weighted by molar-refractivity contribution is -0.121. The number of hydrogen-bond acceptors (Lipinski definition) is 4. The van der Waals surface area contributed by atoms with Crippen molar-refractivity contribution in [3.05, 3.63) is 65.3 Å². The molecule has 150 valence electrons. The number of anilines is 1. The zero-order valence-corrected chi connectivity index (χ0v) is 17.1. The fourth-order valence-electron chi connectivity index (χ4n) is 3.97.